The molecule has 1 aromatic carbocycles. The zero-order valence-corrected chi connectivity index (χ0v) is 10.6. The van der Waals surface area contributed by atoms with E-state index in [9.17, 15) is 4.79 Å². The van der Waals surface area contributed by atoms with Crippen LogP contribution in [0.3, 0.4) is 0 Å². The summed E-state index contributed by atoms with van der Waals surface area (Å²) in [6.07, 6.45) is 3.17. The number of rotatable bonds is 4. The highest BCUT2D eigenvalue weighted by Crippen LogP contribution is 2.30. The third kappa shape index (κ3) is 3.01. The summed E-state index contributed by atoms with van der Waals surface area (Å²) in [5, 5.41) is 0. The number of nitrogens with two attached hydrogens (primary N) is 1. The Kier molecular flexibility index (Phi) is 4.20. The molecule has 2 N–H and O–H groups in total. The number of carbonyl (C=O) groups excluding carboxylic acids is 1. The average Bonchev–Trinajstić information content (AvgIpc) is 2.37. The Morgan fingerprint density at radius 3 is 3.11 bits per heavy atom. The van der Waals surface area contributed by atoms with Crippen LogP contribution < -0.4 is 10.5 Å². The van der Waals surface area contributed by atoms with Gasteiger partial charge in [0.05, 0.1) is 6.61 Å². The molecule has 0 amide bonds. The maximum absolute atomic E-state index is 11.2. The second kappa shape index (κ2) is 5.87. The summed E-state index contributed by atoms with van der Waals surface area (Å²) in [5.74, 6) is 0.364. The summed E-state index contributed by atoms with van der Waals surface area (Å²) < 4.78 is 10.2. The van der Waals surface area contributed by atoms with Crippen molar-refractivity contribution in [3.63, 3.8) is 0 Å². The van der Waals surface area contributed by atoms with Crippen molar-refractivity contribution in [2.75, 3.05) is 13.2 Å². The lowest BCUT2D eigenvalue weighted by atomic mass is 9.88. The van der Waals surface area contributed by atoms with Crippen molar-refractivity contribution in [2.45, 2.75) is 32.2 Å². The highest BCUT2D eigenvalue weighted by atomic mass is 16.6. The van der Waals surface area contributed by atoms with E-state index in [0.29, 0.717) is 12.4 Å². The molecule has 0 bridgehead atoms. The van der Waals surface area contributed by atoms with E-state index in [1.165, 1.54) is 11.1 Å². The molecular formula is C14H19NO3. The van der Waals surface area contributed by atoms with Gasteiger partial charge in [-0.25, -0.2) is 4.79 Å². The SMILES string of the molecule is CCOC(=O)COc1ccc2c(c1)CCCC2N. The summed E-state index contributed by atoms with van der Waals surface area (Å²) in [6, 6.07) is 5.98. The molecule has 0 spiro atoms. The first-order valence-corrected chi connectivity index (χ1v) is 6.37. The van der Waals surface area contributed by atoms with Gasteiger partial charge in [-0.15, -0.1) is 0 Å². The number of carbonyl (C=O) groups is 1. The second-order valence-electron chi connectivity index (χ2n) is 4.45. The maximum atomic E-state index is 11.2. The molecule has 1 aliphatic rings. The second-order valence-corrected chi connectivity index (χ2v) is 4.45. The molecule has 0 aromatic heterocycles. The highest BCUT2D eigenvalue weighted by Gasteiger charge is 2.17. The van der Waals surface area contributed by atoms with Crippen molar-refractivity contribution >= 4 is 5.97 Å². The molecule has 98 valence electrons. The van der Waals surface area contributed by atoms with Crippen LogP contribution in [0.4, 0.5) is 0 Å². The fourth-order valence-corrected chi connectivity index (χ4v) is 2.26. The lowest BCUT2D eigenvalue weighted by Crippen LogP contribution is -2.18. The van der Waals surface area contributed by atoms with E-state index in [0.717, 1.165) is 19.3 Å². The zero-order valence-electron chi connectivity index (χ0n) is 10.6. The summed E-state index contributed by atoms with van der Waals surface area (Å²) in [4.78, 5) is 11.2. The van der Waals surface area contributed by atoms with Crippen LogP contribution in [0.2, 0.25) is 0 Å². The van der Waals surface area contributed by atoms with E-state index >= 15 is 0 Å². The monoisotopic (exact) mass is 249 g/mol. The van der Waals surface area contributed by atoms with Crippen molar-refractivity contribution < 1.29 is 14.3 Å². The summed E-state index contributed by atoms with van der Waals surface area (Å²) >= 11 is 0. The lowest BCUT2D eigenvalue weighted by molar-refractivity contribution is -0.145. The molecule has 1 aromatic rings. The van der Waals surface area contributed by atoms with Gasteiger partial charge in [-0.05, 0) is 49.4 Å². The van der Waals surface area contributed by atoms with Gasteiger partial charge in [-0.2, -0.15) is 0 Å². The first kappa shape index (κ1) is 12.9. The predicted molar refractivity (Wildman–Crippen MR) is 68.4 cm³/mol. The first-order chi connectivity index (χ1) is 8.70. The summed E-state index contributed by atoms with van der Waals surface area (Å²) in [5.41, 5.74) is 8.47. The lowest BCUT2D eigenvalue weighted by Gasteiger charge is -2.22. The van der Waals surface area contributed by atoms with E-state index in [-0.39, 0.29) is 18.6 Å². The average molecular weight is 249 g/mol. The van der Waals surface area contributed by atoms with Gasteiger partial charge in [-0.1, -0.05) is 6.07 Å². The van der Waals surface area contributed by atoms with Crippen LogP contribution in [0.15, 0.2) is 18.2 Å². The molecule has 18 heavy (non-hydrogen) atoms. The van der Waals surface area contributed by atoms with E-state index < -0.39 is 0 Å². The van der Waals surface area contributed by atoms with Gasteiger partial charge in [0.1, 0.15) is 5.75 Å². The summed E-state index contributed by atoms with van der Waals surface area (Å²) in [7, 11) is 0. The topological polar surface area (TPSA) is 61.5 Å². The fraction of sp³-hybridized carbons (Fsp3) is 0.500. The molecular weight excluding hydrogens is 230 g/mol. The van der Waals surface area contributed by atoms with E-state index in [4.69, 9.17) is 15.2 Å². The van der Waals surface area contributed by atoms with Crippen molar-refractivity contribution in [1.82, 2.24) is 0 Å². The Hall–Kier alpha value is -1.55. The van der Waals surface area contributed by atoms with E-state index in [2.05, 4.69) is 0 Å². The normalized spacial score (nSPS) is 18.0. The first-order valence-electron chi connectivity index (χ1n) is 6.37. The quantitative estimate of drug-likeness (QED) is 0.829. The third-order valence-corrected chi connectivity index (χ3v) is 3.14. The fourth-order valence-electron chi connectivity index (χ4n) is 2.26. The van der Waals surface area contributed by atoms with Crippen molar-refractivity contribution in [3.8, 4) is 5.75 Å². The Bertz CT molecular complexity index is 431. The molecule has 1 unspecified atom stereocenters. The standard InChI is InChI=1S/C14H19NO3/c1-2-17-14(16)9-18-11-6-7-12-10(8-11)4-3-5-13(12)15/h6-8,13H,2-5,9,15H2,1H3. The van der Waals surface area contributed by atoms with Crippen LogP contribution in [-0.2, 0) is 16.0 Å². The largest absolute Gasteiger partial charge is 0.482 e. The molecule has 4 nitrogen and oxygen atoms in total. The minimum absolute atomic E-state index is 0.0430. The molecule has 2 rings (SSSR count). The minimum atomic E-state index is -0.341. The van der Waals surface area contributed by atoms with Gasteiger partial charge in [-0.3, -0.25) is 0 Å². The van der Waals surface area contributed by atoms with Crippen LogP contribution in [0, 0.1) is 0 Å². The zero-order chi connectivity index (χ0) is 13.0. The molecule has 0 fully saturated rings. The van der Waals surface area contributed by atoms with Gasteiger partial charge in [0.2, 0.25) is 0 Å². The van der Waals surface area contributed by atoms with Gasteiger partial charge in [0, 0.05) is 6.04 Å². The Morgan fingerprint density at radius 2 is 2.33 bits per heavy atom. The molecule has 0 heterocycles. The molecule has 0 aliphatic heterocycles. The van der Waals surface area contributed by atoms with E-state index in [1.54, 1.807) is 6.92 Å². The Morgan fingerprint density at radius 1 is 1.50 bits per heavy atom. The number of benzene rings is 1. The number of esters is 1. The number of hydrogen-bond acceptors (Lipinski definition) is 4. The van der Waals surface area contributed by atoms with Gasteiger partial charge >= 0.3 is 5.97 Å². The van der Waals surface area contributed by atoms with Crippen molar-refractivity contribution in [1.29, 1.82) is 0 Å². The molecule has 1 atom stereocenters. The number of ether oxygens (including phenoxy) is 2. The van der Waals surface area contributed by atoms with Crippen LogP contribution in [0.1, 0.15) is 36.9 Å². The predicted octanol–water partition coefficient (Wildman–Crippen LogP) is 1.96. The van der Waals surface area contributed by atoms with Crippen LogP contribution in [0.25, 0.3) is 0 Å². The van der Waals surface area contributed by atoms with E-state index in [1.807, 2.05) is 18.2 Å². The van der Waals surface area contributed by atoms with Crippen LogP contribution in [0.5, 0.6) is 5.75 Å². The number of aryl methyl sites for hydroxylation is 1. The van der Waals surface area contributed by atoms with Gasteiger partial charge in [0.25, 0.3) is 0 Å². The minimum Gasteiger partial charge on any atom is -0.482 e. The van der Waals surface area contributed by atoms with Crippen LogP contribution >= 0.6 is 0 Å². The van der Waals surface area contributed by atoms with Gasteiger partial charge < -0.3 is 15.2 Å². The molecule has 0 saturated heterocycles. The van der Waals surface area contributed by atoms with Crippen molar-refractivity contribution in [3.05, 3.63) is 29.3 Å². The molecule has 0 radical (unpaired) electrons. The third-order valence-electron chi connectivity index (χ3n) is 3.14. The number of hydrogen-bond donors (Lipinski definition) is 1. The Labute approximate surface area is 107 Å². The van der Waals surface area contributed by atoms with Crippen LogP contribution in [-0.4, -0.2) is 19.2 Å². The smallest absolute Gasteiger partial charge is 0.344 e. The van der Waals surface area contributed by atoms with Crippen molar-refractivity contribution in [2.24, 2.45) is 5.73 Å². The maximum Gasteiger partial charge on any atom is 0.344 e. The molecule has 1 aliphatic carbocycles. The molecule has 0 saturated carbocycles. The van der Waals surface area contributed by atoms with Gasteiger partial charge in [0.15, 0.2) is 6.61 Å². The molecule has 4 heteroatoms. The number of fused-ring (bicyclic) bond motifs is 1. The Balaban J connectivity index is 2.00. The summed E-state index contributed by atoms with van der Waals surface area (Å²) in [6.45, 7) is 2.11. The highest BCUT2D eigenvalue weighted by molar-refractivity contribution is 5.71.